The highest BCUT2D eigenvalue weighted by molar-refractivity contribution is 7.98. The molecule has 0 atom stereocenters. The third kappa shape index (κ3) is 5.86. The molecule has 1 amide bonds. The topological polar surface area (TPSA) is 75.3 Å². The van der Waals surface area contributed by atoms with Gasteiger partial charge in [-0.3, -0.25) is 4.79 Å². The Hall–Kier alpha value is -1.83. The van der Waals surface area contributed by atoms with Crippen LogP contribution in [-0.4, -0.2) is 26.6 Å². The first-order chi connectivity index (χ1) is 12.3. The van der Waals surface area contributed by atoms with Gasteiger partial charge >= 0.3 is 0 Å². The molecule has 0 saturated heterocycles. The van der Waals surface area contributed by atoms with Crippen LogP contribution in [0.2, 0.25) is 0 Å². The van der Waals surface area contributed by atoms with Gasteiger partial charge in [0.05, 0.1) is 11.3 Å². The number of carbonyl (C=O) groups excluding carboxylic acids is 1. The summed E-state index contributed by atoms with van der Waals surface area (Å²) >= 11 is 1.51. The van der Waals surface area contributed by atoms with Crippen LogP contribution in [0.5, 0.6) is 0 Å². The minimum atomic E-state index is -3.42. The molecular formula is C19H24N2O3S2. The van der Waals surface area contributed by atoms with E-state index in [1.807, 2.05) is 36.6 Å². The number of carbonyl (C=O) groups is 1. The maximum atomic E-state index is 12.5. The number of thioether (sulfide) groups is 1. The van der Waals surface area contributed by atoms with E-state index in [9.17, 15) is 13.2 Å². The molecule has 0 radical (unpaired) electrons. The van der Waals surface area contributed by atoms with E-state index in [2.05, 4.69) is 10.0 Å². The number of sulfonamides is 1. The van der Waals surface area contributed by atoms with Crippen molar-refractivity contribution >= 4 is 27.7 Å². The van der Waals surface area contributed by atoms with Gasteiger partial charge in [0.25, 0.3) is 5.91 Å². The Morgan fingerprint density at radius 3 is 2.31 bits per heavy atom. The summed E-state index contributed by atoms with van der Waals surface area (Å²) in [5, 5.41) is 2.89. The lowest BCUT2D eigenvalue weighted by molar-refractivity contribution is 0.0948. The second-order valence-corrected chi connectivity index (χ2v) is 8.79. The molecule has 0 aliphatic rings. The molecule has 0 aromatic heterocycles. The molecule has 2 N–H and O–H groups in total. The van der Waals surface area contributed by atoms with Crippen LogP contribution in [0, 0.1) is 0 Å². The van der Waals surface area contributed by atoms with Crippen molar-refractivity contribution in [3.63, 3.8) is 0 Å². The zero-order valence-corrected chi connectivity index (χ0v) is 16.8. The highest BCUT2D eigenvalue weighted by Gasteiger charge is 2.16. The van der Waals surface area contributed by atoms with Crippen molar-refractivity contribution in [2.75, 3.05) is 6.26 Å². The number of rotatable bonds is 8. The number of amides is 1. The lowest BCUT2D eigenvalue weighted by Crippen LogP contribution is -2.32. The maximum Gasteiger partial charge on any atom is 0.252 e. The maximum absolute atomic E-state index is 12.5. The van der Waals surface area contributed by atoms with E-state index in [1.54, 1.807) is 32.0 Å². The fourth-order valence-electron chi connectivity index (χ4n) is 2.58. The molecule has 26 heavy (non-hydrogen) atoms. The summed E-state index contributed by atoms with van der Waals surface area (Å²) in [6, 6.07) is 14.5. The highest BCUT2D eigenvalue weighted by Crippen LogP contribution is 2.20. The Labute approximate surface area is 159 Å². The van der Waals surface area contributed by atoms with Crippen LogP contribution in [0.25, 0.3) is 0 Å². The molecule has 0 heterocycles. The first-order valence-electron chi connectivity index (χ1n) is 8.30. The number of hydrogen-bond donors (Lipinski definition) is 2. The van der Waals surface area contributed by atoms with E-state index < -0.39 is 10.0 Å². The van der Waals surface area contributed by atoms with Crippen LogP contribution in [0.1, 0.15) is 35.3 Å². The first kappa shape index (κ1) is 20.5. The monoisotopic (exact) mass is 392 g/mol. The van der Waals surface area contributed by atoms with Crippen LogP contribution in [-0.2, 0) is 22.3 Å². The van der Waals surface area contributed by atoms with Gasteiger partial charge in [0.15, 0.2) is 0 Å². The summed E-state index contributed by atoms with van der Waals surface area (Å²) in [6.07, 6.45) is 1.92. The van der Waals surface area contributed by atoms with Crippen molar-refractivity contribution < 1.29 is 13.2 Å². The van der Waals surface area contributed by atoms with Crippen molar-refractivity contribution in [1.82, 2.24) is 10.0 Å². The Morgan fingerprint density at radius 2 is 1.65 bits per heavy atom. The van der Waals surface area contributed by atoms with Crippen LogP contribution in [0.4, 0.5) is 0 Å². The molecule has 5 nitrogen and oxygen atoms in total. The van der Waals surface area contributed by atoms with E-state index >= 15 is 0 Å². The minimum Gasteiger partial charge on any atom is -0.348 e. The molecule has 2 rings (SSSR count). The van der Waals surface area contributed by atoms with E-state index in [1.165, 1.54) is 11.8 Å². The van der Waals surface area contributed by atoms with E-state index in [4.69, 9.17) is 0 Å². The Balaban J connectivity index is 2.12. The number of hydrogen-bond acceptors (Lipinski definition) is 4. The summed E-state index contributed by atoms with van der Waals surface area (Å²) in [5.41, 5.74) is 2.09. The zero-order chi connectivity index (χ0) is 19.2. The molecule has 0 spiro atoms. The van der Waals surface area contributed by atoms with Crippen molar-refractivity contribution in [2.24, 2.45) is 0 Å². The van der Waals surface area contributed by atoms with E-state index in [0.717, 1.165) is 10.5 Å². The quantitative estimate of drug-likeness (QED) is 0.677. The Bertz CT molecular complexity index is 865. The van der Waals surface area contributed by atoms with Crippen molar-refractivity contribution in [2.45, 2.75) is 37.1 Å². The highest BCUT2D eigenvalue weighted by atomic mass is 32.2. The van der Waals surface area contributed by atoms with Gasteiger partial charge in [0, 0.05) is 17.5 Å². The third-order valence-corrected chi connectivity index (χ3v) is 5.99. The molecule has 0 aliphatic carbocycles. The van der Waals surface area contributed by atoms with Gasteiger partial charge in [-0.15, -0.1) is 11.8 Å². The lowest BCUT2D eigenvalue weighted by Gasteiger charge is -2.14. The molecular weight excluding hydrogens is 368 g/mol. The van der Waals surface area contributed by atoms with Gasteiger partial charge in [-0.1, -0.05) is 36.4 Å². The van der Waals surface area contributed by atoms with Crippen LogP contribution in [0.15, 0.2) is 53.4 Å². The summed E-state index contributed by atoms with van der Waals surface area (Å²) < 4.78 is 27.0. The predicted molar refractivity (Wildman–Crippen MR) is 107 cm³/mol. The largest absolute Gasteiger partial charge is 0.348 e. The standard InChI is InChI=1S/C19H24N2O3S2/c1-14(2)21-26(23,24)13-16-9-5-4-8-15(16)12-20-19(22)17-10-6-7-11-18(17)25-3/h4-11,14,21H,12-13H2,1-3H3,(H,20,22). The summed E-state index contributed by atoms with van der Waals surface area (Å²) in [4.78, 5) is 13.4. The van der Waals surface area contributed by atoms with Gasteiger partial charge < -0.3 is 5.32 Å². The zero-order valence-electron chi connectivity index (χ0n) is 15.2. The second kappa shape index (κ2) is 9.21. The molecule has 0 fully saturated rings. The minimum absolute atomic E-state index is 0.112. The fraction of sp³-hybridized carbons (Fsp3) is 0.316. The van der Waals surface area contributed by atoms with Gasteiger partial charge in [-0.05, 0) is 43.4 Å². The normalized spacial score (nSPS) is 11.5. The first-order valence-corrected chi connectivity index (χ1v) is 11.2. The van der Waals surface area contributed by atoms with E-state index in [-0.39, 0.29) is 24.2 Å². The van der Waals surface area contributed by atoms with Crippen LogP contribution >= 0.6 is 11.8 Å². The molecule has 2 aromatic carbocycles. The smallest absolute Gasteiger partial charge is 0.252 e. The molecule has 0 aliphatic heterocycles. The average Bonchev–Trinajstić information content (AvgIpc) is 2.59. The van der Waals surface area contributed by atoms with Crippen LogP contribution < -0.4 is 10.0 Å². The molecule has 0 saturated carbocycles. The lowest BCUT2D eigenvalue weighted by atomic mass is 10.1. The number of nitrogens with one attached hydrogen (secondary N) is 2. The summed E-state index contributed by atoms with van der Waals surface area (Å²) in [6.45, 7) is 3.84. The Morgan fingerprint density at radius 1 is 1.04 bits per heavy atom. The Kier molecular flexibility index (Phi) is 7.25. The van der Waals surface area contributed by atoms with E-state index in [0.29, 0.717) is 11.1 Å². The second-order valence-electron chi connectivity index (χ2n) is 6.18. The van der Waals surface area contributed by atoms with Crippen LogP contribution in [0.3, 0.4) is 0 Å². The van der Waals surface area contributed by atoms with Gasteiger partial charge in [0.2, 0.25) is 10.0 Å². The van der Waals surface area contributed by atoms with Crippen molar-refractivity contribution in [1.29, 1.82) is 0 Å². The number of benzene rings is 2. The third-order valence-electron chi connectivity index (χ3n) is 3.67. The molecule has 0 bridgehead atoms. The fourth-order valence-corrected chi connectivity index (χ4v) is 4.67. The molecule has 2 aromatic rings. The predicted octanol–water partition coefficient (Wildman–Crippen LogP) is 3.17. The van der Waals surface area contributed by atoms with Gasteiger partial charge in [-0.25, -0.2) is 13.1 Å². The summed E-state index contributed by atoms with van der Waals surface area (Å²) in [5.74, 6) is -0.286. The molecule has 7 heteroatoms. The van der Waals surface area contributed by atoms with Crippen molar-refractivity contribution in [3.05, 3.63) is 65.2 Å². The van der Waals surface area contributed by atoms with Crippen molar-refractivity contribution in [3.8, 4) is 0 Å². The van der Waals surface area contributed by atoms with Gasteiger partial charge in [-0.2, -0.15) is 0 Å². The van der Waals surface area contributed by atoms with Gasteiger partial charge in [0.1, 0.15) is 0 Å². The average molecular weight is 393 g/mol. The SMILES string of the molecule is CSc1ccccc1C(=O)NCc1ccccc1CS(=O)(=O)NC(C)C. The summed E-state index contributed by atoms with van der Waals surface area (Å²) in [7, 11) is -3.42. The molecule has 140 valence electrons. The molecule has 0 unspecified atom stereocenters.